The van der Waals surface area contributed by atoms with Gasteiger partial charge in [0.1, 0.15) is 6.10 Å². The van der Waals surface area contributed by atoms with Gasteiger partial charge in [-0.2, -0.15) is 0 Å². The third-order valence-electron chi connectivity index (χ3n) is 1.60. The second-order valence-electron chi connectivity index (χ2n) is 3.87. The van der Waals surface area contributed by atoms with Gasteiger partial charge in [-0.3, -0.25) is 4.79 Å². The highest BCUT2D eigenvalue weighted by Gasteiger charge is 2.31. The van der Waals surface area contributed by atoms with Crippen LogP contribution in [0.15, 0.2) is 0 Å². The first-order valence-corrected chi connectivity index (χ1v) is 3.63. The monoisotopic (exact) mass is 160 g/mol. The van der Waals surface area contributed by atoms with E-state index in [-0.39, 0.29) is 0 Å². The molecule has 0 saturated carbocycles. The van der Waals surface area contributed by atoms with E-state index in [0.717, 1.165) is 0 Å². The van der Waals surface area contributed by atoms with E-state index in [4.69, 9.17) is 5.11 Å². The summed E-state index contributed by atoms with van der Waals surface area (Å²) in [5.41, 5.74) is -0.453. The second kappa shape index (κ2) is 3.32. The number of rotatable bonds is 2. The van der Waals surface area contributed by atoms with Crippen molar-refractivity contribution in [3.63, 3.8) is 0 Å². The molecule has 0 fully saturated rings. The Kier molecular flexibility index (Phi) is 3.20. The van der Waals surface area contributed by atoms with Gasteiger partial charge in [0, 0.05) is 0 Å². The molecule has 0 aliphatic rings. The van der Waals surface area contributed by atoms with E-state index in [1.165, 1.54) is 6.92 Å². The second-order valence-corrected chi connectivity index (χ2v) is 3.87. The summed E-state index contributed by atoms with van der Waals surface area (Å²) >= 11 is 0. The molecule has 2 unspecified atom stereocenters. The van der Waals surface area contributed by atoms with Crippen LogP contribution >= 0.6 is 0 Å². The van der Waals surface area contributed by atoms with Gasteiger partial charge >= 0.3 is 0 Å². The lowest BCUT2D eigenvalue weighted by Gasteiger charge is -2.28. The van der Waals surface area contributed by atoms with Gasteiger partial charge in [0.25, 0.3) is 0 Å². The van der Waals surface area contributed by atoms with E-state index in [9.17, 15) is 9.90 Å². The third-order valence-corrected chi connectivity index (χ3v) is 1.60. The summed E-state index contributed by atoms with van der Waals surface area (Å²) in [5, 5.41) is 18.5. The van der Waals surface area contributed by atoms with Gasteiger partial charge in [-0.1, -0.05) is 20.8 Å². The molecule has 0 amide bonds. The fourth-order valence-electron chi connectivity index (χ4n) is 0.696. The molecule has 0 bridgehead atoms. The number of carbonyl (C=O) groups is 1. The summed E-state index contributed by atoms with van der Waals surface area (Å²) in [6.45, 7) is 6.57. The topological polar surface area (TPSA) is 57.5 Å². The number of hydrogen-bond donors (Lipinski definition) is 2. The van der Waals surface area contributed by atoms with Crippen LogP contribution in [0.4, 0.5) is 0 Å². The van der Waals surface area contributed by atoms with Gasteiger partial charge < -0.3 is 10.2 Å². The summed E-state index contributed by atoms with van der Waals surface area (Å²) in [7, 11) is 0. The molecule has 0 aromatic rings. The molecular weight excluding hydrogens is 144 g/mol. The highest BCUT2D eigenvalue weighted by molar-refractivity contribution is 5.80. The average molecular weight is 160 g/mol. The zero-order valence-electron chi connectivity index (χ0n) is 7.46. The lowest BCUT2D eigenvalue weighted by atomic mass is 9.85. The van der Waals surface area contributed by atoms with E-state index in [2.05, 4.69) is 0 Å². The van der Waals surface area contributed by atoms with Gasteiger partial charge in [-0.15, -0.1) is 0 Å². The maximum atomic E-state index is 10.6. The number of Topliss-reactive ketones (excluding diaryl/α,β-unsaturated/α-hetero) is 1. The van der Waals surface area contributed by atoms with Crippen molar-refractivity contribution < 1.29 is 15.0 Å². The van der Waals surface area contributed by atoms with Crippen molar-refractivity contribution in [2.45, 2.75) is 39.9 Å². The molecule has 2 atom stereocenters. The summed E-state index contributed by atoms with van der Waals surface area (Å²) in [5.74, 6) is -0.396. The Balaban J connectivity index is 4.25. The first-order valence-electron chi connectivity index (χ1n) is 3.63. The Morgan fingerprint density at radius 3 is 1.73 bits per heavy atom. The fraction of sp³-hybridized carbons (Fsp3) is 0.875. The average Bonchev–Trinajstić information content (AvgIpc) is 1.82. The van der Waals surface area contributed by atoms with Crippen LogP contribution in [0.5, 0.6) is 0 Å². The highest BCUT2D eigenvalue weighted by Crippen LogP contribution is 2.21. The zero-order chi connectivity index (χ0) is 9.23. The standard InChI is InChI=1S/C8H16O3/c1-5(9)6(10)7(11)8(2,3)4/h6-7,10-11H,1-4H3. The number of aliphatic hydroxyl groups is 2. The van der Waals surface area contributed by atoms with Crippen LogP contribution in [0, 0.1) is 5.41 Å². The smallest absolute Gasteiger partial charge is 0.160 e. The van der Waals surface area contributed by atoms with Gasteiger partial charge in [0.2, 0.25) is 0 Å². The van der Waals surface area contributed by atoms with Crippen LogP contribution in [-0.2, 0) is 4.79 Å². The van der Waals surface area contributed by atoms with E-state index in [0.29, 0.717) is 0 Å². The molecule has 0 heterocycles. The fourth-order valence-corrected chi connectivity index (χ4v) is 0.696. The molecular formula is C8H16O3. The van der Waals surface area contributed by atoms with Crippen LogP contribution in [0.2, 0.25) is 0 Å². The predicted molar refractivity (Wildman–Crippen MR) is 42.1 cm³/mol. The van der Waals surface area contributed by atoms with E-state index >= 15 is 0 Å². The maximum absolute atomic E-state index is 10.6. The van der Waals surface area contributed by atoms with Crippen molar-refractivity contribution >= 4 is 5.78 Å². The maximum Gasteiger partial charge on any atom is 0.160 e. The van der Waals surface area contributed by atoms with Crippen molar-refractivity contribution in [1.29, 1.82) is 0 Å². The van der Waals surface area contributed by atoms with Crippen LogP contribution < -0.4 is 0 Å². The highest BCUT2D eigenvalue weighted by atomic mass is 16.3. The zero-order valence-corrected chi connectivity index (χ0v) is 7.46. The molecule has 3 heteroatoms. The van der Waals surface area contributed by atoms with Gasteiger partial charge in [0.05, 0.1) is 6.10 Å². The normalized spacial score (nSPS) is 17.6. The summed E-state index contributed by atoms with van der Waals surface area (Å²) in [6, 6.07) is 0. The van der Waals surface area contributed by atoms with Crippen molar-refractivity contribution in [3.05, 3.63) is 0 Å². The third kappa shape index (κ3) is 2.99. The Morgan fingerprint density at radius 1 is 1.27 bits per heavy atom. The minimum absolute atomic E-state index is 0.396. The number of hydrogen-bond acceptors (Lipinski definition) is 3. The van der Waals surface area contributed by atoms with Crippen molar-refractivity contribution in [2.24, 2.45) is 5.41 Å². The molecule has 0 rings (SSSR count). The van der Waals surface area contributed by atoms with Crippen molar-refractivity contribution in [3.8, 4) is 0 Å². The quantitative estimate of drug-likeness (QED) is 0.612. The van der Waals surface area contributed by atoms with Crippen molar-refractivity contribution in [1.82, 2.24) is 0 Å². The van der Waals surface area contributed by atoms with Crippen LogP contribution in [-0.4, -0.2) is 28.2 Å². The van der Waals surface area contributed by atoms with Crippen LogP contribution in [0.25, 0.3) is 0 Å². The molecule has 2 N–H and O–H groups in total. The van der Waals surface area contributed by atoms with Crippen LogP contribution in [0.3, 0.4) is 0 Å². The molecule has 0 aliphatic carbocycles. The van der Waals surface area contributed by atoms with E-state index in [1.807, 2.05) is 0 Å². The Hall–Kier alpha value is -0.410. The summed E-state index contributed by atoms with van der Waals surface area (Å²) < 4.78 is 0. The lowest BCUT2D eigenvalue weighted by molar-refractivity contribution is -0.135. The predicted octanol–water partition coefficient (Wildman–Crippen LogP) is 0.343. The molecule has 0 aromatic heterocycles. The number of carbonyl (C=O) groups excluding carboxylic acids is 1. The first kappa shape index (κ1) is 10.6. The molecule has 0 aliphatic heterocycles. The molecule has 0 aromatic carbocycles. The number of aliphatic hydroxyl groups excluding tert-OH is 2. The number of ketones is 1. The van der Waals surface area contributed by atoms with Gasteiger partial charge in [0.15, 0.2) is 5.78 Å². The summed E-state index contributed by atoms with van der Waals surface area (Å²) in [4.78, 5) is 10.6. The van der Waals surface area contributed by atoms with Gasteiger partial charge in [-0.05, 0) is 12.3 Å². The first-order chi connectivity index (χ1) is 4.76. The van der Waals surface area contributed by atoms with Crippen molar-refractivity contribution in [2.75, 3.05) is 0 Å². The lowest BCUT2D eigenvalue weighted by Crippen LogP contribution is -2.41. The molecule has 0 saturated heterocycles. The Morgan fingerprint density at radius 2 is 1.64 bits per heavy atom. The minimum atomic E-state index is -1.25. The minimum Gasteiger partial charge on any atom is -0.389 e. The summed E-state index contributed by atoms with van der Waals surface area (Å²) in [6.07, 6.45) is -2.24. The Bertz CT molecular complexity index is 146. The van der Waals surface area contributed by atoms with Crippen LogP contribution in [0.1, 0.15) is 27.7 Å². The molecule has 0 spiro atoms. The molecule has 66 valence electrons. The molecule has 0 radical (unpaired) electrons. The SMILES string of the molecule is CC(=O)C(O)C(O)C(C)(C)C. The van der Waals surface area contributed by atoms with E-state index < -0.39 is 23.4 Å². The molecule has 11 heavy (non-hydrogen) atoms. The van der Waals surface area contributed by atoms with E-state index in [1.54, 1.807) is 20.8 Å². The largest absolute Gasteiger partial charge is 0.389 e. The molecule has 3 nitrogen and oxygen atoms in total. The Labute approximate surface area is 67.0 Å². The van der Waals surface area contributed by atoms with Gasteiger partial charge in [-0.25, -0.2) is 0 Å².